The summed E-state index contributed by atoms with van der Waals surface area (Å²) in [5.74, 6) is 0.476. The molecule has 0 bridgehead atoms. The zero-order valence-electron chi connectivity index (χ0n) is 11.4. The van der Waals surface area contributed by atoms with Crippen LogP contribution in [0.3, 0.4) is 0 Å². The molecule has 6 nitrogen and oxygen atoms in total. The van der Waals surface area contributed by atoms with E-state index in [2.05, 4.69) is 14.6 Å². The molecule has 2 N–H and O–H groups in total. The summed E-state index contributed by atoms with van der Waals surface area (Å²) in [6, 6.07) is 3.43. The highest BCUT2D eigenvalue weighted by Gasteiger charge is 2.24. The van der Waals surface area contributed by atoms with Crippen LogP contribution in [0, 0.1) is 0 Å². The molecule has 0 spiro atoms. The van der Waals surface area contributed by atoms with Crippen LogP contribution in [-0.2, 0) is 9.47 Å². The number of pyridine rings is 1. The van der Waals surface area contributed by atoms with Crippen LogP contribution in [0.2, 0.25) is 0 Å². The third-order valence-corrected chi connectivity index (χ3v) is 3.06. The van der Waals surface area contributed by atoms with Gasteiger partial charge in [-0.1, -0.05) is 0 Å². The fourth-order valence-electron chi connectivity index (χ4n) is 2.29. The summed E-state index contributed by atoms with van der Waals surface area (Å²) in [4.78, 5) is 17.8. The van der Waals surface area contributed by atoms with E-state index in [-0.39, 0.29) is 18.0 Å². The number of ether oxygens (including phenoxy) is 2. The Morgan fingerprint density at radius 1 is 1.42 bits per heavy atom. The van der Waals surface area contributed by atoms with Gasteiger partial charge in [-0.2, -0.15) is 0 Å². The van der Waals surface area contributed by atoms with Gasteiger partial charge in [-0.25, -0.2) is 9.78 Å². The molecule has 1 aromatic rings. The molecule has 1 aliphatic rings. The zero-order chi connectivity index (χ0) is 14.0. The number of nitrogens with zero attached hydrogens (tertiary/aromatic N) is 2. The van der Waals surface area contributed by atoms with E-state index in [1.807, 2.05) is 13.8 Å². The van der Waals surface area contributed by atoms with Crippen LogP contribution in [0.5, 0.6) is 0 Å². The van der Waals surface area contributed by atoms with E-state index in [1.165, 1.54) is 7.11 Å². The third kappa shape index (κ3) is 2.96. The van der Waals surface area contributed by atoms with Crippen LogP contribution in [0.4, 0.5) is 11.6 Å². The molecule has 1 fully saturated rings. The molecule has 6 heteroatoms. The molecule has 2 heterocycles. The minimum absolute atomic E-state index is 0.145. The van der Waals surface area contributed by atoms with Crippen molar-refractivity contribution >= 4 is 17.6 Å². The molecule has 19 heavy (non-hydrogen) atoms. The smallest absolute Gasteiger partial charge is 0.341 e. The summed E-state index contributed by atoms with van der Waals surface area (Å²) in [6.07, 6.45) is 0.291. The monoisotopic (exact) mass is 265 g/mol. The van der Waals surface area contributed by atoms with E-state index in [0.29, 0.717) is 5.56 Å². The number of morpholine rings is 1. The van der Waals surface area contributed by atoms with Crippen molar-refractivity contribution in [1.82, 2.24) is 4.98 Å². The maximum Gasteiger partial charge on any atom is 0.341 e. The Labute approximate surface area is 112 Å². The average Bonchev–Trinajstić information content (AvgIpc) is 2.36. The predicted octanol–water partition coefficient (Wildman–Crippen LogP) is 1.06. The van der Waals surface area contributed by atoms with Gasteiger partial charge in [0.2, 0.25) is 0 Å². The molecule has 1 saturated heterocycles. The molecule has 1 unspecified atom stereocenters. The second kappa shape index (κ2) is 5.44. The largest absolute Gasteiger partial charge is 0.465 e. The van der Waals surface area contributed by atoms with Crippen LogP contribution in [0.1, 0.15) is 24.2 Å². The second-order valence-corrected chi connectivity index (χ2v) is 4.76. The summed E-state index contributed by atoms with van der Waals surface area (Å²) < 4.78 is 10.3. The first-order valence-electron chi connectivity index (χ1n) is 6.26. The Hall–Kier alpha value is -1.82. The Kier molecular flexibility index (Phi) is 3.90. The first kappa shape index (κ1) is 13.6. The summed E-state index contributed by atoms with van der Waals surface area (Å²) in [7, 11) is 1.32. The number of rotatable bonds is 2. The lowest BCUT2D eigenvalue weighted by atomic mass is 10.2. The standard InChI is InChI=1S/C13H19N3O3/c1-8-6-16(7-9(2)19-8)11-5-4-10(12(14)15-11)13(17)18-3/h4-5,8-9H,6-7H2,1-3H3,(H2,14,15)/t8-,9?/m0/s1. The fraction of sp³-hybridized carbons (Fsp3) is 0.538. The average molecular weight is 265 g/mol. The molecule has 0 saturated carbocycles. The van der Waals surface area contributed by atoms with Crippen LogP contribution >= 0.6 is 0 Å². The molecule has 0 aliphatic carbocycles. The Balaban J connectivity index is 2.22. The number of esters is 1. The highest BCUT2D eigenvalue weighted by Crippen LogP contribution is 2.21. The van der Waals surface area contributed by atoms with Crippen molar-refractivity contribution < 1.29 is 14.3 Å². The summed E-state index contributed by atoms with van der Waals surface area (Å²) in [6.45, 7) is 5.56. The summed E-state index contributed by atoms with van der Waals surface area (Å²) in [5, 5.41) is 0. The van der Waals surface area contributed by atoms with Gasteiger partial charge in [0.15, 0.2) is 0 Å². The van der Waals surface area contributed by atoms with E-state index < -0.39 is 5.97 Å². The van der Waals surface area contributed by atoms with Gasteiger partial charge in [0, 0.05) is 13.1 Å². The first-order chi connectivity index (χ1) is 9.01. The molecule has 104 valence electrons. The lowest BCUT2D eigenvalue weighted by molar-refractivity contribution is -0.00546. The molecule has 0 radical (unpaired) electrons. The first-order valence-corrected chi connectivity index (χ1v) is 6.26. The van der Waals surface area contributed by atoms with Gasteiger partial charge in [-0.15, -0.1) is 0 Å². The van der Waals surface area contributed by atoms with E-state index in [4.69, 9.17) is 10.5 Å². The Bertz CT molecular complexity index is 468. The van der Waals surface area contributed by atoms with E-state index in [9.17, 15) is 4.79 Å². The van der Waals surface area contributed by atoms with Gasteiger partial charge in [-0.05, 0) is 26.0 Å². The van der Waals surface area contributed by atoms with E-state index >= 15 is 0 Å². The van der Waals surface area contributed by atoms with Gasteiger partial charge in [0.05, 0.1) is 19.3 Å². The van der Waals surface area contributed by atoms with Gasteiger partial charge in [0.25, 0.3) is 0 Å². The highest BCUT2D eigenvalue weighted by atomic mass is 16.5. The number of hydrogen-bond donors (Lipinski definition) is 1. The minimum Gasteiger partial charge on any atom is -0.465 e. The summed E-state index contributed by atoms with van der Waals surface area (Å²) >= 11 is 0. The fourth-order valence-corrected chi connectivity index (χ4v) is 2.29. The molecule has 0 aromatic carbocycles. The van der Waals surface area contributed by atoms with E-state index in [0.717, 1.165) is 18.9 Å². The van der Waals surface area contributed by atoms with Crippen LogP contribution in [0.25, 0.3) is 0 Å². The molecule has 1 aromatic heterocycles. The lowest BCUT2D eigenvalue weighted by Gasteiger charge is -2.36. The Morgan fingerprint density at radius 3 is 2.58 bits per heavy atom. The van der Waals surface area contributed by atoms with Crippen molar-refractivity contribution in [2.45, 2.75) is 26.1 Å². The SMILES string of the molecule is COC(=O)c1ccc(N2CC(C)O[C@@H](C)C2)nc1N. The second-order valence-electron chi connectivity index (χ2n) is 4.76. The Morgan fingerprint density at radius 2 is 2.05 bits per heavy atom. The number of anilines is 2. The van der Waals surface area contributed by atoms with Gasteiger partial charge < -0.3 is 20.1 Å². The van der Waals surface area contributed by atoms with Crippen molar-refractivity contribution in [3.8, 4) is 0 Å². The van der Waals surface area contributed by atoms with E-state index in [1.54, 1.807) is 12.1 Å². The highest BCUT2D eigenvalue weighted by molar-refractivity contribution is 5.94. The number of hydrogen-bond acceptors (Lipinski definition) is 6. The molecule has 2 atom stereocenters. The topological polar surface area (TPSA) is 77.7 Å². The van der Waals surface area contributed by atoms with Crippen LogP contribution in [0.15, 0.2) is 12.1 Å². The number of aromatic nitrogens is 1. The number of nitrogens with two attached hydrogens (primary N) is 1. The van der Waals surface area contributed by atoms with Gasteiger partial charge >= 0.3 is 5.97 Å². The molecule has 2 rings (SSSR count). The van der Waals surface area contributed by atoms with Crippen molar-refractivity contribution in [3.63, 3.8) is 0 Å². The van der Waals surface area contributed by atoms with Crippen molar-refractivity contribution in [2.24, 2.45) is 0 Å². The quantitative estimate of drug-likeness (QED) is 0.806. The maximum atomic E-state index is 11.5. The minimum atomic E-state index is -0.472. The summed E-state index contributed by atoms with van der Waals surface area (Å²) in [5.41, 5.74) is 6.10. The zero-order valence-corrected chi connectivity index (χ0v) is 11.4. The van der Waals surface area contributed by atoms with Crippen molar-refractivity contribution in [2.75, 3.05) is 30.8 Å². The van der Waals surface area contributed by atoms with Crippen molar-refractivity contribution in [3.05, 3.63) is 17.7 Å². The van der Waals surface area contributed by atoms with Gasteiger partial charge in [0.1, 0.15) is 17.2 Å². The maximum absolute atomic E-state index is 11.5. The molecule has 1 aliphatic heterocycles. The third-order valence-electron chi connectivity index (χ3n) is 3.06. The number of methoxy groups -OCH3 is 1. The van der Waals surface area contributed by atoms with Crippen LogP contribution in [-0.4, -0.2) is 43.4 Å². The molecular weight excluding hydrogens is 246 g/mol. The number of nitrogen functional groups attached to an aromatic ring is 1. The van der Waals surface area contributed by atoms with Crippen molar-refractivity contribution in [1.29, 1.82) is 0 Å². The van der Waals surface area contributed by atoms with Crippen LogP contribution < -0.4 is 10.6 Å². The normalized spacial score (nSPS) is 23.2. The predicted molar refractivity (Wildman–Crippen MR) is 72.2 cm³/mol. The molecule has 0 amide bonds. The lowest BCUT2D eigenvalue weighted by Crippen LogP contribution is -2.45. The van der Waals surface area contributed by atoms with Gasteiger partial charge in [-0.3, -0.25) is 0 Å². The molecular formula is C13H19N3O3. The number of carbonyl (C=O) groups excluding carboxylic acids is 1. The number of carbonyl (C=O) groups is 1.